The minimum absolute atomic E-state index is 0.0412. The van der Waals surface area contributed by atoms with Crippen molar-refractivity contribution in [1.29, 1.82) is 0 Å². The summed E-state index contributed by atoms with van der Waals surface area (Å²) in [4.78, 5) is 14.3. The van der Waals surface area contributed by atoms with Crippen molar-refractivity contribution in [3.63, 3.8) is 0 Å². The second-order valence-electron chi connectivity index (χ2n) is 5.23. The number of carbonyl (C=O) groups excluding carboxylic acids is 1. The van der Waals surface area contributed by atoms with Crippen molar-refractivity contribution < 1.29 is 10.0 Å². The lowest BCUT2D eigenvalue weighted by Crippen LogP contribution is -2.41. The molecule has 2 fully saturated rings. The van der Waals surface area contributed by atoms with Crippen molar-refractivity contribution in [2.24, 2.45) is 16.3 Å². The molecule has 1 aliphatic carbocycles. The van der Waals surface area contributed by atoms with Crippen molar-refractivity contribution in [1.82, 2.24) is 10.2 Å². The van der Waals surface area contributed by atoms with Crippen molar-refractivity contribution >= 4 is 11.7 Å². The number of rotatable bonds is 6. The van der Waals surface area contributed by atoms with Gasteiger partial charge in [-0.3, -0.25) is 4.79 Å². The Labute approximate surface area is 107 Å². The Kier molecular flexibility index (Phi) is 4.06. The molecule has 1 saturated carbocycles. The van der Waals surface area contributed by atoms with E-state index in [1.165, 1.54) is 25.9 Å². The van der Waals surface area contributed by atoms with Crippen molar-refractivity contribution in [2.45, 2.75) is 32.1 Å². The monoisotopic (exact) mass is 254 g/mol. The van der Waals surface area contributed by atoms with Crippen LogP contribution in [-0.2, 0) is 4.79 Å². The fourth-order valence-electron chi connectivity index (χ4n) is 2.50. The quantitative estimate of drug-likeness (QED) is 0.206. The summed E-state index contributed by atoms with van der Waals surface area (Å²) >= 11 is 0. The largest absolute Gasteiger partial charge is 0.409 e. The molecule has 1 amide bonds. The van der Waals surface area contributed by atoms with Gasteiger partial charge in [-0.1, -0.05) is 5.16 Å². The van der Waals surface area contributed by atoms with E-state index in [9.17, 15) is 4.79 Å². The molecule has 0 aromatic rings. The summed E-state index contributed by atoms with van der Waals surface area (Å²) in [6.45, 7) is 4.07. The lowest BCUT2D eigenvalue weighted by molar-refractivity contribution is -0.124. The number of oxime groups is 1. The molecule has 102 valence electrons. The van der Waals surface area contributed by atoms with Crippen molar-refractivity contribution in [2.75, 3.05) is 26.2 Å². The maximum atomic E-state index is 11.9. The van der Waals surface area contributed by atoms with Gasteiger partial charge in [-0.25, -0.2) is 0 Å². The van der Waals surface area contributed by atoms with E-state index in [1.54, 1.807) is 0 Å². The Hall–Kier alpha value is -1.30. The molecule has 4 N–H and O–H groups in total. The van der Waals surface area contributed by atoms with Gasteiger partial charge in [-0.15, -0.1) is 0 Å². The lowest BCUT2D eigenvalue weighted by Gasteiger charge is -2.16. The van der Waals surface area contributed by atoms with E-state index in [1.807, 2.05) is 0 Å². The van der Waals surface area contributed by atoms with E-state index < -0.39 is 5.41 Å². The third kappa shape index (κ3) is 2.75. The van der Waals surface area contributed by atoms with E-state index >= 15 is 0 Å². The summed E-state index contributed by atoms with van der Waals surface area (Å²) in [6, 6.07) is 0. The van der Waals surface area contributed by atoms with Gasteiger partial charge in [0, 0.05) is 6.54 Å². The highest BCUT2D eigenvalue weighted by Gasteiger charge is 2.54. The summed E-state index contributed by atoms with van der Waals surface area (Å²) in [5, 5.41) is 14.5. The maximum Gasteiger partial charge on any atom is 0.233 e. The van der Waals surface area contributed by atoms with Crippen molar-refractivity contribution in [3.05, 3.63) is 0 Å². The molecule has 6 heteroatoms. The van der Waals surface area contributed by atoms with E-state index in [0.717, 1.165) is 13.0 Å². The topological polar surface area (TPSA) is 91.0 Å². The summed E-state index contributed by atoms with van der Waals surface area (Å²) in [5.41, 5.74) is 4.83. The first-order chi connectivity index (χ1) is 8.69. The minimum Gasteiger partial charge on any atom is -0.409 e. The van der Waals surface area contributed by atoms with Gasteiger partial charge in [0.05, 0.1) is 0 Å². The zero-order valence-corrected chi connectivity index (χ0v) is 10.7. The van der Waals surface area contributed by atoms with Crippen LogP contribution in [0.4, 0.5) is 0 Å². The van der Waals surface area contributed by atoms with Crippen molar-refractivity contribution in [3.8, 4) is 0 Å². The maximum absolute atomic E-state index is 11.9. The molecule has 0 bridgehead atoms. The minimum atomic E-state index is -0.720. The molecule has 2 rings (SSSR count). The fourth-order valence-corrected chi connectivity index (χ4v) is 2.50. The Morgan fingerprint density at radius 1 is 1.39 bits per heavy atom. The summed E-state index contributed by atoms with van der Waals surface area (Å²) in [5.74, 6) is -0.0567. The van der Waals surface area contributed by atoms with Crippen LogP contribution in [0.2, 0.25) is 0 Å². The van der Waals surface area contributed by atoms with Gasteiger partial charge in [0.2, 0.25) is 5.91 Å². The molecular weight excluding hydrogens is 232 g/mol. The van der Waals surface area contributed by atoms with Crippen LogP contribution in [0.3, 0.4) is 0 Å². The Balaban J connectivity index is 1.66. The molecule has 0 spiro atoms. The van der Waals surface area contributed by atoms with Crippen LogP contribution in [0.25, 0.3) is 0 Å². The van der Waals surface area contributed by atoms with Gasteiger partial charge in [-0.05, 0) is 51.7 Å². The van der Waals surface area contributed by atoms with E-state index in [2.05, 4.69) is 15.4 Å². The molecule has 0 radical (unpaired) electrons. The Morgan fingerprint density at radius 2 is 2.06 bits per heavy atom. The highest BCUT2D eigenvalue weighted by Crippen LogP contribution is 2.45. The summed E-state index contributed by atoms with van der Waals surface area (Å²) < 4.78 is 0. The summed E-state index contributed by atoms with van der Waals surface area (Å²) in [6.07, 6.45) is 4.90. The number of hydrogen-bond acceptors (Lipinski definition) is 4. The SMILES string of the molecule is NC(=NO)C1(C(=O)NCCCN2CCCC2)CC1. The van der Waals surface area contributed by atoms with Crippen LogP contribution in [0.1, 0.15) is 32.1 Å². The first-order valence-electron chi connectivity index (χ1n) is 6.68. The summed E-state index contributed by atoms with van der Waals surface area (Å²) in [7, 11) is 0. The highest BCUT2D eigenvalue weighted by atomic mass is 16.4. The predicted octanol–water partition coefficient (Wildman–Crippen LogP) is 0.115. The number of nitrogens with one attached hydrogen (secondary N) is 1. The highest BCUT2D eigenvalue weighted by molar-refractivity contribution is 6.09. The zero-order chi connectivity index (χ0) is 13.0. The molecule has 1 heterocycles. The first kappa shape index (κ1) is 13.1. The molecule has 18 heavy (non-hydrogen) atoms. The zero-order valence-electron chi connectivity index (χ0n) is 10.7. The van der Waals surface area contributed by atoms with Gasteiger partial charge in [-0.2, -0.15) is 0 Å². The van der Waals surface area contributed by atoms with E-state index in [4.69, 9.17) is 10.9 Å². The number of nitrogens with two attached hydrogens (primary N) is 1. The molecular formula is C12H22N4O2. The fraction of sp³-hybridized carbons (Fsp3) is 0.833. The van der Waals surface area contributed by atoms with Gasteiger partial charge >= 0.3 is 0 Å². The number of likely N-dealkylation sites (tertiary alicyclic amines) is 1. The molecule has 2 aliphatic rings. The van der Waals surface area contributed by atoms with E-state index in [0.29, 0.717) is 19.4 Å². The third-order valence-corrected chi connectivity index (χ3v) is 3.92. The van der Waals surface area contributed by atoms with Crippen LogP contribution in [0.15, 0.2) is 5.16 Å². The predicted molar refractivity (Wildman–Crippen MR) is 68.4 cm³/mol. The molecule has 0 atom stereocenters. The third-order valence-electron chi connectivity index (χ3n) is 3.92. The Morgan fingerprint density at radius 3 is 2.61 bits per heavy atom. The average Bonchev–Trinajstić information content (AvgIpc) is 3.04. The van der Waals surface area contributed by atoms with Crippen LogP contribution >= 0.6 is 0 Å². The van der Waals surface area contributed by atoms with Gasteiger partial charge in [0.1, 0.15) is 5.41 Å². The average molecular weight is 254 g/mol. The van der Waals surface area contributed by atoms with Crippen LogP contribution in [-0.4, -0.2) is 48.0 Å². The van der Waals surface area contributed by atoms with E-state index in [-0.39, 0.29) is 11.7 Å². The molecule has 6 nitrogen and oxygen atoms in total. The Bertz CT molecular complexity index is 333. The second kappa shape index (κ2) is 5.56. The molecule has 0 aromatic heterocycles. The standard InChI is InChI=1S/C12H22N4O2/c13-10(15-18)12(4-5-12)11(17)14-6-3-9-16-7-1-2-8-16/h18H,1-9H2,(H2,13,15)(H,14,17). The molecule has 1 saturated heterocycles. The van der Waals surface area contributed by atoms with Gasteiger partial charge in [0.15, 0.2) is 5.84 Å². The number of nitrogens with zero attached hydrogens (tertiary/aromatic N) is 2. The number of carbonyl (C=O) groups is 1. The van der Waals surface area contributed by atoms with Crippen LogP contribution < -0.4 is 11.1 Å². The number of amides is 1. The lowest BCUT2D eigenvalue weighted by atomic mass is 10.1. The van der Waals surface area contributed by atoms with Gasteiger partial charge in [0.25, 0.3) is 0 Å². The number of amidine groups is 1. The second-order valence-corrected chi connectivity index (χ2v) is 5.23. The van der Waals surface area contributed by atoms with Crippen LogP contribution in [0, 0.1) is 5.41 Å². The first-order valence-corrected chi connectivity index (χ1v) is 6.68. The molecule has 0 aromatic carbocycles. The smallest absolute Gasteiger partial charge is 0.233 e. The molecule has 0 unspecified atom stereocenters. The normalized spacial score (nSPS) is 23.0. The number of hydrogen-bond donors (Lipinski definition) is 3. The van der Waals surface area contributed by atoms with Gasteiger partial charge < -0.3 is 21.2 Å². The molecule has 1 aliphatic heterocycles. The van der Waals surface area contributed by atoms with Crippen LogP contribution in [0.5, 0.6) is 0 Å².